The van der Waals surface area contributed by atoms with Crippen LogP contribution in [0.25, 0.3) is 0 Å². The molecule has 0 aliphatic rings. The first-order valence-corrected chi connectivity index (χ1v) is 12.2. The zero-order valence-corrected chi connectivity index (χ0v) is 19.8. The highest BCUT2D eigenvalue weighted by Crippen LogP contribution is 2.30. The first kappa shape index (κ1) is 24.4. The van der Waals surface area contributed by atoms with E-state index in [0.29, 0.717) is 4.31 Å². The molecule has 3 aromatic carbocycles. The van der Waals surface area contributed by atoms with Crippen molar-refractivity contribution in [2.45, 2.75) is 38.0 Å². The fraction of sp³-hybridized carbons (Fsp3) is 0.208. The Hall–Kier alpha value is -3.23. The summed E-state index contributed by atoms with van der Waals surface area (Å²) >= 11 is 6.16. The molecule has 0 radical (unpaired) electrons. The van der Waals surface area contributed by atoms with Crippen molar-refractivity contribution in [2.75, 3.05) is 4.31 Å². The Morgan fingerprint density at radius 2 is 1.67 bits per heavy atom. The second kappa shape index (κ2) is 10.1. The zero-order chi connectivity index (χ0) is 24.2. The van der Waals surface area contributed by atoms with Crippen molar-refractivity contribution in [1.29, 1.82) is 0 Å². The van der Waals surface area contributed by atoms with E-state index in [-0.39, 0.29) is 26.9 Å². The van der Waals surface area contributed by atoms with E-state index >= 15 is 0 Å². The van der Waals surface area contributed by atoms with Gasteiger partial charge in [0, 0.05) is 12.1 Å². The number of nitro benzene ring substituents is 1. The Morgan fingerprint density at radius 1 is 1.03 bits per heavy atom. The molecule has 1 amide bonds. The number of rotatable bonds is 8. The van der Waals surface area contributed by atoms with E-state index in [4.69, 9.17) is 11.6 Å². The lowest BCUT2D eigenvalue weighted by molar-refractivity contribution is -0.384. The minimum Gasteiger partial charge on any atom is -0.268 e. The first-order valence-electron chi connectivity index (χ1n) is 10.3. The Kier molecular flexibility index (Phi) is 7.50. The third-order valence-electron chi connectivity index (χ3n) is 5.12. The molecule has 0 saturated heterocycles. The first-order chi connectivity index (χ1) is 15.6. The standard InChI is InChI=1S/C24H23ClN2O5S/c1-3-4-5-18-8-10-19(11-9-18)26(33(31,32)21-13-6-17(2)7-14-21)24(28)22-16-20(27(29)30)12-15-23(22)25/h6-16H,3-5H2,1-2H3. The molecule has 0 aromatic heterocycles. The van der Waals surface area contributed by atoms with E-state index in [2.05, 4.69) is 6.92 Å². The molecule has 9 heteroatoms. The largest absolute Gasteiger partial charge is 0.274 e. The van der Waals surface area contributed by atoms with Gasteiger partial charge in [-0.3, -0.25) is 14.9 Å². The molecule has 0 heterocycles. The van der Waals surface area contributed by atoms with Crippen molar-refractivity contribution in [3.63, 3.8) is 0 Å². The molecule has 3 rings (SSSR count). The van der Waals surface area contributed by atoms with Gasteiger partial charge in [-0.05, 0) is 55.7 Å². The molecule has 0 saturated carbocycles. The Morgan fingerprint density at radius 3 is 2.24 bits per heavy atom. The molecule has 0 unspecified atom stereocenters. The van der Waals surface area contributed by atoms with Gasteiger partial charge in [0.25, 0.3) is 21.6 Å². The average molecular weight is 487 g/mol. The highest BCUT2D eigenvalue weighted by atomic mass is 35.5. The van der Waals surface area contributed by atoms with Gasteiger partial charge >= 0.3 is 0 Å². The second-order valence-electron chi connectivity index (χ2n) is 7.58. The summed E-state index contributed by atoms with van der Waals surface area (Å²) in [4.78, 5) is 24.0. The molecule has 33 heavy (non-hydrogen) atoms. The van der Waals surface area contributed by atoms with Crippen molar-refractivity contribution >= 4 is 38.9 Å². The SMILES string of the molecule is CCCCc1ccc(N(C(=O)c2cc([N+](=O)[O-])ccc2Cl)S(=O)(=O)c2ccc(C)cc2)cc1. The maximum Gasteiger partial charge on any atom is 0.274 e. The highest BCUT2D eigenvalue weighted by molar-refractivity contribution is 7.93. The lowest BCUT2D eigenvalue weighted by atomic mass is 10.1. The van der Waals surface area contributed by atoms with Gasteiger partial charge in [-0.2, -0.15) is 4.31 Å². The number of nitro groups is 1. The molecular weight excluding hydrogens is 464 g/mol. The van der Waals surface area contributed by atoms with Crippen LogP contribution in [0.2, 0.25) is 5.02 Å². The number of halogens is 1. The van der Waals surface area contributed by atoms with Gasteiger partial charge in [-0.25, -0.2) is 8.42 Å². The fourth-order valence-electron chi connectivity index (χ4n) is 3.26. The number of hydrogen-bond donors (Lipinski definition) is 0. The van der Waals surface area contributed by atoms with Gasteiger partial charge in [0.1, 0.15) is 0 Å². The monoisotopic (exact) mass is 486 g/mol. The third-order valence-corrected chi connectivity index (χ3v) is 7.18. The lowest BCUT2D eigenvalue weighted by Crippen LogP contribution is -2.37. The molecule has 0 spiro atoms. The van der Waals surface area contributed by atoms with Crippen LogP contribution in [-0.4, -0.2) is 19.2 Å². The van der Waals surface area contributed by atoms with Crippen LogP contribution in [0.3, 0.4) is 0 Å². The summed E-state index contributed by atoms with van der Waals surface area (Å²) < 4.78 is 27.8. The topological polar surface area (TPSA) is 97.6 Å². The van der Waals surface area contributed by atoms with E-state index < -0.39 is 20.9 Å². The smallest absolute Gasteiger partial charge is 0.268 e. The number of benzene rings is 3. The molecule has 0 atom stereocenters. The number of sulfonamides is 1. The van der Waals surface area contributed by atoms with Crippen LogP contribution in [-0.2, 0) is 16.4 Å². The molecule has 7 nitrogen and oxygen atoms in total. The van der Waals surface area contributed by atoms with Gasteiger partial charge in [-0.15, -0.1) is 0 Å². The van der Waals surface area contributed by atoms with Crippen molar-refractivity contribution in [1.82, 2.24) is 0 Å². The summed E-state index contributed by atoms with van der Waals surface area (Å²) in [6.07, 6.45) is 2.82. The van der Waals surface area contributed by atoms with Crippen molar-refractivity contribution in [2.24, 2.45) is 0 Å². The Bertz CT molecular complexity index is 1270. The number of hydrogen-bond acceptors (Lipinski definition) is 5. The Labute approximate surface area is 197 Å². The summed E-state index contributed by atoms with van der Waals surface area (Å²) in [5, 5.41) is 11.1. The quantitative estimate of drug-likeness (QED) is 0.290. The third kappa shape index (κ3) is 5.40. The number of carbonyl (C=O) groups excluding carboxylic acids is 1. The molecule has 0 bridgehead atoms. The second-order valence-corrected chi connectivity index (χ2v) is 9.77. The van der Waals surface area contributed by atoms with Crippen LogP contribution in [0, 0.1) is 17.0 Å². The van der Waals surface area contributed by atoms with Crippen LogP contribution in [0.15, 0.2) is 71.6 Å². The molecule has 0 aliphatic carbocycles. The lowest BCUT2D eigenvalue weighted by Gasteiger charge is -2.23. The summed E-state index contributed by atoms with van der Waals surface area (Å²) in [5.41, 5.74) is 1.33. The van der Waals surface area contributed by atoms with E-state index in [9.17, 15) is 23.3 Å². The average Bonchev–Trinajstić information content (AvgIpc) is 2.79. The van der Waals surface area contributed by atoms with Gasteiger partial charge in [-0.1, -0.05) is 54.8 Å². The molecule has 172 valence electrons. The molecule has 0 aliphatic heterocycles. The number of anilines is 1. The summed E-state index contributed by atoms with van der Waals surface area (Å²) in [6.45, 7) is 3.89. The van der Waals surface area contributed by atoms with Crippen LogP contribution < -0.4 is 4.31 Å². The maximum atomic E-state index is 13.6. The number of aryl methyl sites for hydroxylation is 2. The van der Waals surface area contributed by atoms with E-state index in [1.54, 1.807) is 36.4 Å². The fourth-order valence-corrected chi connectivity index (χ4v) is 4.86. The van der Waals surface area contributed by atoms with Gasteiger partial charge in [0.05, 0.1) is 26.1 Å². The van der Waals surface area contributed by atoms with Crippen LogP contribution in [0.4, 0.5) is 11.4 Å². The summed E-state index contributed by atoms with van der Waals surface area (Å²) in [6, 6.07) is 16.1. The van der Waals surface area contributed by atoms with Crippen molar-refractivity contribution < 1.29 is 18.1 Å². The van der Waals surface area contributed by atoms with Gasteiger partial charge < -0.3 is 0 Å². The maximum absolute atomic E-state index is 13.6. The van der Waals surface area contributed by atoms with Crippen molar-refractivity contribution in [3.8, 4) is 0 Å². The van der Waals surface area contributed by atoms with E-state index in [1.807, 2.05) is 6.92 Å². The number of nitrogens with zero attached hydrogens (tertiary/aromatic N) is 2. The normalized spacial score (nSPS) is 11.2. The minimum atomic E-state index is -4.34. The van der Waals surface area contributed by atoms with Gasteiger partial charge in [0.2, 0.25) is 0 Å². The highest BCUT2D eigenvalue weighted by Gasteiger charge is 2.33. The summed E-state index contributed by atoms with van der Waals surface area (Å²) in [5.74, 6) is -0.981. The zero-order valence-electron chi connectivity index (χ0n) is 18.2. The molecule has 3 aromatic rings. The molecular formula is C24H23ClN2O5S. The van der Waals surface area contributed by atoms with Crippen LogP contribution >= 0.6 is 11.6 Å². The number of amides is 1. The van der Waals surface area contributed by atoms with Crippen LogP contribution in [0.5, 0.6) is 0 Å². The molecule has 0 fully saturated rings. The van der Waals surface area contributed by atoms with Crippen LogP contribution in [0.1, 0.15) is 41.3 Å². The van der Waals surface area contributed by atoms with E-state index in [0.717, 1.165) is 42.5 Å². The minimum absolute atomic E-state index is 0.0851. The predicted octanol–water partition coefficient (Wildman–Crippen LogP) is 5.93. The number of non-ortho nitro benzene ring substituents is 1. The predicted molar refractivity (Wildman–Crippen MR) is 128 cm³/mol. The van der Waals surface area contributed by atoms with E-state index in [1.165, 1.54) is 18.2 Å². The Balaban J connectivity index is 2.15. The number of carbonyl (C=O) groups is 1. The number of unbranched alkanes of at least 4 members (excludes halogenated alkanes) is 1. The summed E-state index contributed by atoms with van der Waals surface area (Å²) in [7, 11) is -4.34. The molecule has 0 N–H and O–H groups in total. The van der Waals surface area contributed by atoms with Gasteiger partial charge in [0.15, 0.2) is 0 Å². The van der Waals surface area contributed by atoms with Crippen molar-refractivity contribution in [3.05, 3.63) is 98.6 Å².